The van der Waals surface area contributed by atoms with Gasteiger partial charge in [-0.05, 0) is 55.6 Å². The topological polar surface area (TPSA) is 19.0 Å². The third kappa shape index (κ3) is 4.86. The Morgan fingerprint density at radius 1 is 0.893 bits per heavy atom. The summed E-state index contributed by atoms with van der Waals surface area (Å²) in [6.45, 7) is 8.25. The molecule has 0 N–H and O–H groups in total. The van der Waals surface area contributed by atoms with E-state index in [4.69, 9.17) is 4.74 Å². The molecule has 2 saturated heterocycles. The van der Waals surface area contributed by atoms with Gasteiger partial charge in [0.2, 0.25) is 0 Å². The zero-order valence-electron chi connectivity index (χ0n) is 17.1. The molecule has 4 nitrogen and oxygen atoms in total. The molecule has 0 bridgehead atoms. The Kier molecular flexibility index (Phi) is 6.50. The minimum atomic E-state index is 0.725. The molecule has 4 rings (SSSR count). The average Bonchev–Trinajstić information content (AvgIpc) is 2.79. The fourth-order valence-corrected chi connectivity index (χ4v) is 4.60. The van der Waals surface area contributed by atoms with Gasteiger partial charge in [-0.3, -0.25) is 4.90 Å². The van der Waals surface area contributed by atoms with Gasteiger partial charge in [-0.1, -0.05) is 30.3 Å². The highest BCUT2D eigenvalue weighted by atomic mass is 16.5. The molecule has 0 radical (unpaired) electrons. The number of piperazine rings is 1. The smallest absolute Gasteiger partial charge is 0.119 e. The second-order valence-corrected chi connectivity index (χ2v) is 8.05. The number of anilines is 1. The lowest BCUT2D eigenvalue weighted by Crippen LogP contribution is -2.55. The fraction of sp³-hybridized carbons (Fsp3) is 0.500. The Labute approximate surface area is 169 Å². The first-order valence-electron chi connectivity index (χ1n) is 10.7. The summed E-state index contributed by atoms with van der Waals surface area (Å²) < 4.78 is 5.28. The van der Waals surface area contributed by atoms with Gasteiger partial charge in [-0.25, -0.2) is 0 Å². The SMILES string of the molecule is COc1ccc(N2CCN(C3CCCN(CCc4ccccc4)C3)CC2)cc1. The summed E-state index contributed by atoms with van der Waals surface area (Å²) in [5.41, 5.74) is 2.77. The first-order chi connectivity index (χ1) is 13.8. The van der Waals surface area contributed by atoms with E-state index >= 15 is 0 Å². The van der Waals surface area contributed by atoms with Crippen molar-refractivity contribution in [3.63, 3.8) is 0 Å². The molecule has 0 aromatic heterocycles. The summed E-state index contributed by atoms with van der Waals surface area (Å²) in [5, 5.41) is 0. The third-order valence-electron chi connectivity index (χ3n) is 6.31. The Morgan fingerprint density at radius 3 is 2.36 bits per heavy atom. The predicted octanol–water partition coefficient (Wildman–Crippen LogP) is 3.52. The first-order valence-corrected chi connectivity index (χ1v) is 10.7. The highest BCUT2D eigenvalue weighted by Gasteiger charge is 2.28. The number of nitrogens with zero attached hydrogens (tertiary/aromatic N) is 3. The van der Waals surface area contributed by atoms with E-state index in [0.29, 0.717) is 0 Å². The summed E-state index contributed by atoms with van der Waals surface area (Å²) in [6, 6.07) is 20.1. The van der Waals surface area contributed by atoms with Crippen molar-refractivity contribution < 1.29 is 4.74 Å². The Morgan fingerprint density at radius 2 is 1.64 bits per heavy atom. The monoisotopic (exact) mass is 379 g/mol. The number of hydrogen-bond acceptors (Lipinski definition) is 4. The van der Waals surface area contributed by atoms with Gasteiger partial charge in [0.15, 0.2) is 0 Å². The number of piperidine rings is 1. The Hall–Kier alpha value is -2.04. The van der Waals surface area contributed by atoms with Gasteiger partial charge in [0.25, 0.3) is 0 Å². The molecule has 0 spiro atoms. The number of rotatable bonds is 6. The molecular formula is C24H33N3O. The molecule has 4 heteroatoms. The quantitative estimate of drug-likeness (QED) is 0.764. The number of benzene rings is 2. The predicted molar refractivity (Wildman–Crippen MR) is 116 cm³/mol. The summed E-state index contributed by atoms with van der Waals surface area (Å²) in [6.07, 6.45) is 3.85. The maximum atomic E-state index is 5.28. The lowest BCUT2D eigenvalue weighted by molar-refractivity contribution is 0.0933. The van der Waals surface area contributed by atoms with Crippen LogP contribution < -0.4 is 9.64 Å². The third-order valence-corrected chi connectivity index (χ3v) is 6.31. The maximum absolute atomic E-state index is 5.28. The van der Waals surface area contributed by atoms with E-state index in [0.717, 1.165) is 24.9 Å². The van der Waals surface area contributed by atoms with Crippen LogP contribution in [0.1, 0.15) is 18.4 Å². The van der Waals surface area contributed by atoms with Crippen molar-refractivity contribution in [2.45, 2.75) is 25.3 Å². The molecule has 28 heavy (non-hydrogen) atoms. The number of ether oxygens (including phenoxy) is 1. The number of hydrogen-bond donors (Lipinski definition) is 0. The molecule has 0 aliphatic carbocycles. The minimum Gasteiger partial charge on any atom is -0.497 e. The molecule has 2 aromatic carbocycles. The average molecular weight is 380 g/mol. The van der Waals surface area contributed by atoms with Crippen LogP contribution in [0.15, 0.2) is 54.6 Å². The highest BCUT2D eigenvalue weighted by Crippen LogP contribution is 2.23. The zero-order valence-corrected chi connectivity index (χ0v) is 17.1. The zero-order chi connectivity index (χ0) is 19.2. The van der Waals surface area contributed by atoms with Crippen LogP contribution in [0.5, 0.6) is 5.75 Å². The molecule has 1 unspecified atom stereocenters. The van der Waals surface area contributed by atoms with Crippen molar-refractivity contribution in [1.82, 2.24) is 9.80 Å². The van der Waals surface area contributed by atoms with Crippen LogP contribution in [0.3, 0.4) is 0 Å². The van der Waals surface area contributed by atoms with Crippen molar-refractivity contribution >= 4 is 5.69 Å². The van der Waals surface area contributed by atoms with E-state index in [9.17, 15) is 0 Å². The Bertz CT molecular complexity index is 710. The largest absolute Gasteiger partial charge is 0.497 e. The van der Waals surface area contributed by atoms with Gasteiger partial charge in [-0.2, -0.15) is 0 Å². The lowest BCUT2D eigenvalue weighted by Gasteiger charge is -2.44. The van der Waals surface area contributed by atoms with Gasteiger partial charge < -0.3 is 14.5 Å². The first kappa shape index (κ1) is 19.3. The van der Waals surface area contributed by atoms with Crippen molar-refractivity contribution in [2.24, 2.45) is 0 Å². The van der Waals surface area contributed by atoms with Gasteiger partial charge in [0, 0.05) is 51.0 Å². The summed E-state index contributed by atoms with van der Waals surface area (Å²) in [4.78, 5) is 7.91. The van der Waals surface area contributed by atoms with Crippen molar-refractivity contribution in [2.75, 3.05) is 57.8 Å². The molecule has 2 aromatic rings. The molecule has 2 fully saturated rings. The van der Waals surface area contributed by atoms with Crippen LogP contribution in [0.2, 0.25) is 0 Å². The van der Waals surface area contributed by atoms with Crippen LogP contribution in [-0.2, 0) is 6.42 Å². The van der Waals surface area contributed by atoms with E-state index in [-0.39, 0.29) is 0 Å². The van der Waals surface area contributed by atoms with Gasteiger partial charge in [0.05, 0.1) is 7.11 Å². The van der Waals surface area contributed by atoms with E-state index in [2.05, 4.69) is 69.3 Å². The molecule has 2 heterocycles. The lowest BCUT2D eigenvalue weighted by atomic mass is 10.0. The number of likely N-dealkylation sites (tertiary alicyclic amines) is 1. The molecule has 150 valence electrons. The van der Waals surface area contributed by atoms with Crippen molar-refractivity contribution in [1.29, 1.82) is 0 Å². The maximum Gasteiger partial charge on any atom is 0.119 e. The molecular weight excluding hydrogens is 346 g/mol. The van der Waals surface area contributed by atoms with Crippen molar-refractivity contribution in [3.8, 4) is 5.75 Å². The van der Waals surface area contributed by atoms with E-state index in [1.54, 1.807) is 7.11 Å². The molecule has 0 amide bonds. The Balaban J connectivity index is 1.25. The van der Waals surface area contributed by atoms with Crippen molar-refractivity contribution in [3.05, 3.63) is 60.2 Å². The summed E-state index contributed by atoms with van der Waals surface area (Å²) >= 11 is 0. The number of methoxy groups -OCH3 is 1. The van der Waals surface area contributed by atoms with E-state index < -0.39 is 0 Å². The van der Waals surface area contributed by atoms with Gasteiger partial charge in [0.1, 0.15) is 5.75 Å². The second kappa shape index (κ2) is 9.44. The summed E-state index contributed by atoms with van der Waals surface area (Å²) in [7, 11) is 1.72. The van der Waals surface area contributed by atoms with E-state index in [1.165, 1.54) is 63.2 Å². The minimum absolute atomic E-state index is 0.725. The summed E-state index contributed by atoms with van der Waals surface area (Å²) in [5.74, 6) is 0.931. The van der Waals surface area contributed by atoms with E-state index in [1.807, 2.05) is 0 Å². The van der Waals surface area contributed by atoms with Crippen LogP contribution >= 0.6 is 0 Å². The highest BCUT2D eigenvalue weighted by molar-refractivity contribution is 5.49. The molecule has 0 saturated carbocycles. The normalized spacial score (nSPS) is 21.6. The van der Waals surface area contributed by atoms with Crippen LogP contribution in [-0.4, -0.2) is 68.8 Å². The van der Waals surface area contributed by atoms with Crippen LogP contribution in [0, 0.1) is 0 Å². The van der Waals surface area contributed by atoms with Crippen LogP contribution in [0.25, 0.3) is 0 Å². The van der Waals surface area contributed by atoms with Crippen LogP contribution in [0.4, 0.5) is 5.69 Å². The fourth-order valence-electron chi connectivity index (χ4n) is 4.60. The second-order valence-electron chi connectivity index (χ2n) is 8.05. The van der Waals surface area contributed by atoms with Gasteiger partial charge >= 0.3 is 0 Å². The van der Waals surface area contributed by atoms with Gasteiger partial charge in [-0.15, -0.1) is 0 Å². The molecule has 2 aliphatic heterocycles. The molecule has 2 aliphatic rings. The molecule has 1 atom stereocenters. The standard InChI is InChI=1S/C24H33N3O/c1-28-24-11-9-22(10-12-24)26-16-18-27(19-17-26)23-8-5-14-25(20-23)15-13-21-6-3-2-4-7-21/h2-4,6-7,9-12,23H,5,8,13-20H2,1H3.